The van der Waals surface area contributed by atoms with E-state index in [2.05, 4.69) is 67.4 Å². The van der Waals surface area contributed by atoms with Gasteiger partial charge in [-0.3, -0.25) is 4.98 Å². The van der Waals surface area contributed by atoms with Crippen molar-refractivity contribution in [3.05, 3.63) is 72.2 Å². The molecule has 1 aliphatic heterocycles. The lowest BCUT2D eigenvalue weighted by Gasteiger charge is -2.17. The van der Waals surface area contributed by atoms with Crippen molar-refractivity contribution in [2.75, 3.05) is 32.1 Å². The van der Waals surface area contributed by atoms with Crippen LogP contribution in [0, 0.1) is 0 Å². The van der Waals surface area contributed by atoms with Crippen LogP contribution >= 0.6 is 0 Å². The van der Waals surface area contributed by atoms with Gasteiger partial charge in [-0.1, -0.05) is 42.5 Å². The summed E-state index contributed by atoms with van der Waals surface area (Å²) in [5.41, 5.74) is 2.03. The quantitative estimate of drug-likeness (QED) is 0.482. The molecule has 154 valence electrons. The number of anilines is 1. The predicted molar refractivity (Wildman–Crippen MR) is 119 cm³/mol. The second-order valence-electron chi connectivity index (χ2n) is 7.50. The van der Waals surface area contributed by atoms with E-state index in [0.717, 1.165) is 38.3 Å². The minimum Gasteiger partial charge on any atom is -0.466 e. The van der Waals surface area contributed by atoms with Gasteiger partial charge in [0.2, 0.25) is 0 Å². The van der Waals surface area contributed by atoms with Gasteiger partial charge in [0.1, 0.15) is 5.82 Å². The smallest absolute Gasteiger partial charge is 0.330 e. The van der Waals surface area contributed by atoms with Crippen LogP contribution in [0.25, 0.3) is 16.8 Å². The van der Waals surface area contributed by atoms with Gasteiger partial charge >= 0.3 is 5.97 Å². The summed E-state index contributed by atoms with van der Waals surface area (Å²) in [4.78, 5) is 22.4. The molecule has 2 aromatic carbocycles. The van der Waals surface area contributed by atoms with Crippen molar-refractivity contribution >= 4 is 28.6 Å². The van der Waals surface area contributed by atoms with Crippen LogP contribution in [0.2, 0.25) is 0 Å². The topological polar surface area (TPSA) is 67.3 Å². The first-order chi connectivity index (χ1) is 14.7. The molecule has 6 nitrogen and oxygen atoms in total. The number of esters is 1. The Labute approximate surface area is 176 Å². The Bertz CT molecular complexity index is 1030. The number of rotatable bonds is 7. The molecule has 0 amide bonds. The molecule has 0 bridgehead atoms. The largest absolute Gasteiger partial charge is 0.466 e. The highest BCUT2D eigenvalue weighted by Gasteiger charge is 2.22. The molecule has 1 aromatic heterocycles. The number of carbonyl (C=O) groups excluding carboxylic acids is 1. The fourth-order valence-corrected chi connectivity index (χ4v) is 3.87. The highest BCUT2D eigenvalue weighted by molar-refractivity contribution is 5.86. The van der Waals surface area contributed by atoms with Crippen LogP contribution in [0.3, 0.4) is 0 Å². The third-order valence-corrected chi connectivity index (χ3v) is 5.46. The maximum absolute atomic E-state index is 11.1. The molecule has 6 heteroatoms. The Hall–Kier alpha value is -3.25. The summed E-state index contributed by atoms with van der Waals surface area (Å²) in [5.74, 6) is 0.347. The van der Waals surface area contributed by atoms with Crippen molar-refractivity contribution in [2.45, 2.75) is 18.9 Å². The minimum atomic E-state index is -0.409. The van der Waals surface area contributed by atoms with Gasteiger partial charge in [-0.2, -0.15) is 0 Å². The number of benzene rings is 2. The number of hydrogen-bond acceptors (Lipinski definition) is 6. The maximum atomic E-state index is 11.1. The monoisotopic (exact) mass is 402 g/mol. The lowest BCUT2D eigenvalue weighted by molar-refractivity contribution is -0.134. The summed E-state index contributed by atoms with van der Waals surface area (Å²) < 4.78 is 4.57. The Kier molecular flexibility index (Phi) is 6.35. The van der Waals surface area contributed by atoms with E-state index in [0.29, 0.717) is 11.7 Å². The van der Waals surface area contributed by atoms with E-state index < -0.39 is 5.97 Å². The average Bonchev–Trinajstić information content (AvgIpc) is 3.24. The SMILES string of the molecule is COC(=O)C=Cc1cnc(N[C@@H]2CCN(CCc3cccc4ccccc34)C2)cn1. The molecule has 2 heterocycles. The second kappa shape index (κ2) is 9.50. The number of likely N-dealkylation sites (tertiary alicyclic amines) is 1. The van der Waals surface area contributed by atoms with Crippen molar-refractivity contribution in [3.8, 4) is 0 Å². The summed E-state index contributed by atoms with van der Waals surface area (Å²) in [6, 6.07) is 15.5. The molecule has 0 aliphatic carbocycles. The lowest BCUT2D eigenvalue weighted by Crippen LogP contribution is -2.28. The number of nitrogens with zero attached hydrogens (tertiary/aromatic N) is 3. The van der Waals surface area contributed by atoms with E-state index in [1.165, 1.54) is 29.5 Å². The molecule has 1 fully saturated rings. The van der Waals surface area contributed by atoms with E-state index in [9.17, 15) is 4.79 Å². The second-order valence-corrected chi connectivity index (χ2v) is 7.50. The van der Waals surface area contributed by atoms with Crippen molar-refractivity contribution in [3.63, 3.8) is 0 Å². The maximum Gasteiger partial charge on any atom is 0.330 e. The van der Waals surface area contributed by atoms with E-state index >= 15 is 0 Å². The molecule has 0 radical (unpaired) electrons. The first-order valence-corrected chi connectivity index (χ1v) is 10.2. The highest BCUT2D eigenvalue weighted by atomic mass is 16.5. The van der Waals surface area contributed by atoms with E-state index in [1.54, 1.807) is 18.5 Å². The number of methoxy groups -OCH3 is 1. The predicted octanol–water partition coefficient (Wildman–Crippen LogP) is 3.54. The van der Waals surface area contributed by atoms with Gasteiger partial charge < -0.3 is 15.0 Å². The van der Waals surface area contributed by atoms with Gasteiger partial charge in [0.05, 0.1) is 25.2 Å². The molecular formula is C24H26N4O2. The summed E-state index contributed by atoms with van der Waals surface area (Å²) in [6.45, 7) is 3.13. The van der Waals surface area contributed by atoms with Gasteiger partial charge in [-0.15, -0.1) is 0 Å². The van der Waals surface area contributed by atoms with Gasteiger partial charge in [0, 0.05) is 31.8 Å². The van der Waals surface area contributed by atoms with Crippen LogP contribution in [0.5, 0.6) is 0 Å². The summed E-state index contributed by atoms with van der Waals surface area (Å²) >= 11 is 0. The minimum absolute atomic E-state index is 0.364. The van der Waals surface area contributed by atoms with E-state index in [4.69, 9.17) is 0 Å². The zero-order valence-electron chi connectivity index (χ0n) is 17.1. The molecule has 0 spiro atoms. The molecule has 30 heavy (non-hydrogen) atoms. The molecule has 0 unspecified atom stereocenters. The fraction of sp³-hybridized carbons (Fsp3) is 0.292. The van der Waals surface area contributed by atoms with Crippen LogP contribution in [0.15, 0.2) is 60.9 Å². The van der Waals surface area contributed by atoms with Crippen molar-refractivity contribution in [1.82, 2.24) is 14.9 Å². The van der Waals surface area contributed by atoms with E-state index in [1.807, 2.05) is 0 Å². The average molecular weight is 402 g/mol. The number of carbonyl (C=O) groups is 1. The Morgan fingerprint density at radius 2 is 2.07 bits per heavy atom. The van der Waals surface area contributed by atoms with Crippen LogP contribution in [-0.2, 0) is 16.0 Å². The molecular weight excluding hydrogens is 376 g/mol. The van der Waals surface area contributed by atoms with E-state index in [-0.39, 0.29) is 0 Å². The third kappa shape index (κ3) is 5.02. The summed E-state index contributed by atoms with van der Waals surface area (Å²) in [6.07, 6.45) is 8.41. The number of ether oxygens (including phenoxy) is 1. The first kappa shape index (κ1) is 20.0. The van der Waals surface area contributed by atoms with Crippen LogP contribution in [-0.4, -0.2) is 53.6 Å². The normalized spacial score (nSPS) is 16.9. The van der Waals surface area contributed by atoms with Crippen molar-refractivity contribution in [1.29, 1.82) is 0 Å². The van der Waals surface area contributed by atoms with Crippen LogP contribution in [0.4, 0.5) is 5.82 Å². The Morgan fingerprint density at radius 3 is 2.90 bits per heavy atom. The third-order valence-electron chi connectivity index (χ3n) is 5.46. The summed E-state index contributed by atoms with van der Waals surface area (Å²) in [5, 5.41) is 6.13. The van der Waals surface area contributed by atoms with Gasteiger partial charge in [-0.25, -0.2) is 9.78 Å². The highest BCUT2D eigenvalue weighted by Crippen LogP contribution is 2.20. The molecule has 1 aliphatic rings. The Morgan fingerprint density at radius 1 is 1.20 bits per heavy atom. The lowest BCUT2D eigenvalue weighted by atomic mass is 10.0. The van der Waals surface area contributed by atoms with Crippen molar-refractivity contribution < 1.29 is 9.53 Å². The van der Waals surface area contributed by atoms with Crippen LogP contribution in [0.1, 0.15) is 17.7 Å². The Balaban J connectivity index is 1.28. The first-order valence-electron chi connectivity index (χ1n) is 10.2. The van der Waals surface area contributed by atoms with Gasteiger partial charge in [0.15, 0.2) is 0 Å². The van der Waals surface area contributed by atoms with Crippen LogP contribution < -0.4 is 5.32 Å². The van der Waals surface area contributed by atoms with Gasteiger partial charge in [-0.05, 0) is 35.3 Å². The number of nitrogens with one attached hydrogen (secondary N) is 1. The summed E-state index contributed by atoms with van der Waals surface area (Å²) in [7, 11) is 1.35. The number of fused-ring (bicyclic) bond motifs is 1. The number of aromatic nitrogens is 2. The fourth-order valence-electron chi connectivity index (χ4n) is 3.87. The molecule has 1 atom stereocenters. The molecule has 1 N–H and O–H groups in total. The zero-order chi connectivity index (χ0) is 20.8. The standard InChI is InChI=1S/C24H26N4O2/c1-30-24(29)10-9-20-15-26-23(16-25-20)27-21-12-14-28(17-21)13-11-19-7-4-6-18-5-2-3-8-22(18)19/h2-10,15-16,21H,11-14,17H2,1H3,(H,26,27)/t21-/m1/s1. The van der Waals surface area contributed by atoms with Gasteiger partial charge in [0.25, 0.3) is 0 Å². The molecule has 4 rings (SSSR count). The zero-order valence-corrected chi connectivity index (χ0v) is 17.1. The number of hydrogen-bond donors (Lipinski definition) is 1. The molecule has 3 aromatic rings. The molecule has 0 saturated carbocycles. The van der Waals surface area contributed by atoms with Crippen molar-refractivity contribution in [2.24, 2.45) is 0 Å². The molecule has 1 saturated heterocycles.